The summed E-state index contributed by atoms with van der Waals surface area (Å²) in [4.78, 5) is 26.8. The van der Waals surface area contributed by atoms with Crippen molar-refractivity contribution < 1.29 is 22.7 Å². The third kappa shape index (κ3) is 6.28. The molecular weight excluding hydrogens is 454 g/mol. The lowest BCUT2D eigenvalue weighted by molar-refractivity contribution is 0.0473. The molecule has 0 saturated carbocycles. The second-order valence-corrected chi connectivity index (χ2v) is 11.5. The van der Waals surface area contributed by atoms with Gasteiger partial charge in [0.05, 0.1) is 10.6 Å². The summed E-state index contributed by atoms with van der Waals surface area (Å²) in [6, 6.07) is 13.2. The molecule has 9 heteroatoms. The molecule has 0 spiro atoms. The van der Waals surface area contributed by atoms with Gasteiger partial charge in [0.1, 0.15) is 5.60 Å². The van der Waals surface area contributed by atoms with Gasteiger partial charge in [-0.25, -0.2) is 13.2 Å². The van der Waals surface area contributed by atoms with Crippen molar-refractivity contribution in [2.75, 3.05) is 24.4 Å². The van der Waals surface area contributed by atoms with Gasteiger partial charge >= 0.3 is 6.09 Å². The molecule has 0 unspecified atom stereocenters. The van der Waals surface area contributed by atoms with E-state index in [0.717, 1.165) is 5.56 Å². The van der Waals surface area contributed by atoms with E-state index in [2.05, 4.69) is 5.32 Å². The van der Waals surface area contributed by atoms with Crippen LogP contribution in [0.3, 0.4) is 0 Å². The molecular formula is C25H33N3O5S. The number of nitrogens with one attached hydrogen (secondary N) is 1. The molecule has 1 aliphatic rings. The van der Waals surface area contributed by atoms with Crippen molar-refractivity contribution in [3.63, 3.8) is 0 Å². The van der Waals surface area contributed by atoms with Crippen molar-refractivity contribution in [2.24, 2.45) is 0 Å². The zero-order valence-corrected chi connectivity index (χ0v) is 21.2. The number of ether oxygens (including phenoxy) is 1. The minimum atomic E-state index is -3.83. The van der Waals surface area contributed by atoms with Crippen molar-refractivity contribution >= 4 is 27.7 Å². The van der Waals surface area contributed by atoms with Crippen LogP contribution in [0.25, 0.3) is 0 Å². The Morgan fingerprint density at radius 1 is 1.06 bits per heavy atom. The Balaban J connectivity index is 1.66. The number of carbonyl (C=O) groups is 2. The number of piperidine rings is 1. The number of nitrogens with zero attached hydrogens (tertiary/aromatic N) is 2. The second kappa shape index (κ2) is 10.0. The normalized spacial score (nSPS) is 15.0. The number of alkyl carbamates (subject to hydrolysis) is 1. The highest BCUT2D eigenvalue weighted by Gasteiger charge is 2.28. The first-order valence-electron chi connectivity index (χ1n) is 11.3. The number of aryl methyl sites for hydroxylation is 1. The molecule has 184 valence electrons. The molecule has 1 fully saturated rings. The van der Waals surface area contributed by atoms with Crippen LogP contribution in [-0.2, 0) is 14.8 Å². The van der Waals surface area contributed by atoms with Crippen LogP contribution in [0.2, 0.25) is 0 Å². The highest BCUT2D eigenvalue weighted by molar-refractivity contribution is 7.92. The largest absolute Gasteiger partial charge is 0.444 e. The Morgan fingerprint density at radius 2 is 1.68 bits per heavy atom. The third-order valence-corrected chi connectivity index (χ3v) is 7.42. The average Bonchev–Trinajstić information content (AvgIpc) is 2.78. The van der Waals surface area contributed by atoms with Gasteiger partial charge in [0.25, 0.3) is 15.9 Å². The van der Waals surface area contributed by atoms with Crippen molar-refractivity contribution in [1.82, 2.24) is 10.2 Å². The maximum atomic E-state index is 13.2. The van der Waals surface area contributed by atoms with Crippen molar-refractivity contribution in [1.29, 1.82) is 0 Å². The van der Waals surface area contributed by atoms with Gasteiger partial charge in [-0.15, -0.1) is 0 Å². The fraction of sp³-hybridized carbons (Fsp3) is 0.440. The molecule has 8 nitrogen and oxygen atoms in total. The van der Waals surface area contributed by atoms with E-state index in [1.54, 1.807) is 49.9 Å². The maximum absolute atomic E-state index is 13.2. The van der Waals surface area contributed by atoms with E-state index in [9.17, 15) is 18.0 Å². The molecule has 0 radical (unpaired) electrons. The zero-order chi connectivity index (χ0) is 25.1. The van der Waals surface area contributed by atoms with Gasteiger partial charge in [-0.2, -0.15) is 0 Å². The predicted molar refractivity (Wildman–Crippen MR) is 132 cm³/mol. The molecule has 1 aliphatic heterocycles. The molecule has 1 heterocycles. The monoisotopic (exact) mass is 487 g/mol. The van der Waals surface area contributed by atoms with Gasteiger partial charge in [0.15, 0.2) is 0 Å². The van der Waals surface area contributed by atoms with E-state index in [4.69, 9.17) is 4.74 Å². The topological polar surface area (TPSA) is 96.0 Å². The molecule has 0 aliphatic carbocycles. The first-order valence-corrected chi connectivity index (χ1v) is 12.8. The van der Waals surface area contributed by atoms with E-state index in [1.165, 1.54) is 23.5 Å². The summed E-state index contributed by atoms with van der Waals surface area (Å²) in [6.07, 6.45) is 0.728. The SMILES string of the molecule is Cc1ccc(N(C)S(=O)(=O)c2cccc(C(=O)N3CCC(NC(=O)OC(C)(C)C)CC3)c2)cc1. The third-order valence-electron chi connectivity index (χ3n) is 5.64. The van der Waals surface area contributed by atoms with Crippen molar-refractivity contribution in [2.45, 2.75) is 57.1 Å². The summed E-state index contributed by atoms with van der Waals surface area (Å²) in [6.45, 7) is 8.27. The number of sulfonamides is 1. The van der Waals surface area contributed by atoms with Crippen molar-refractivity contribution in [3.05, 3.63) is 59.7 Å². The number of hydrogen-bond acceptors (Lipinski definition) is 5. The van der Waals surface area contributed by atoms with Crippen LogP contribution in [0, 0.1) is 6.92 Å². The lowest BCUT2D eigenvalue weighted by Crippen LogP contribution is -2.47. The van der Waals surface area contributed by atoms with E-state index < -0.39 is 21.7 Å². The summed E-state index contributed by atoms with van der Waals surface area (Å²) in [5, 5.41) is 2.85. The summed E-state index contributed by atoms with van der Waals surface area (Å²) < 4.78 is 32.8. The van der Waals surface area contributed by atoms with E-state index >= 15 is 0 Å². The van der Waals surface area contributed by atoms with Crippen LogP contribution in [0.1, 0.15) is 49.5 Å². The number of carbonyl (C=O) groups excluding carboxylic acids is 2. The molecule has 0 bridgehead atoms. The zero-order valence-electron chi connectivity index (χ0n) is 20.4. The number of amides is 2. The number of rotatable bonds is 5. The second-order valence-electron chi connectivity index (χ2n) is 9.55. The predicted octanol–water partition coefficient (Wildman–Crippen LogP) is 3.95. The molecule has 3 rings (SSSR count). The fourth-order valence-corrected chi connectivity index (χ4v) is 4.97. The summed E-state index contributed by atoms with van der Waals surface area (Å²) in [5.41, 5.74) is 1.32. The van der Waals surface area contributed by atoms with Gasteiger partial charge in [-0.05, 0) is 70.9 Å². The summed E-state index contributed by atoms with van der Waals surface area (Å²) in [7, 11) is -2.33. The molecule has 2 aromatic rings. The van der Waals surface area contributed by atoms with Crippen LogP contribution >= 0.6 is 0 Å². The Morgan fingerprint density at radius 3 is 2.26 bits per heavy atom. The van der Waals surface area contributed by atoms with Gasteiger partial charge in [-0.3, -0.25) is 9.10 Å². The van der Waals surface area contributed by atoms with Gasteiger partial charge < -0.3 is 15.0 Å². The molecule has 0 atom stereocenters. The number of likely N-dealkylation sites (tertiary alicyclic amines) is 1. The quantitative estimate of drug-likeness (QED) is 0.689. The van der Waals surface area contributed by atoms with Gasteiger partial charge in [0, 0.05) is 31.7 Å². The van der Waals surface area contributed by atoms with Crippen molar-refractivity contribution in [3.8, 4) is 0 Å². The summed E-state index contributed by atoms with van der Waals surface area (Å²) >= 11 is 0. The van der Waals surface area contributed by atoms with Crippen LogP contribution < -0.4 is 9.62 Å². The smallest absolute Gasteiger partial charge is 0.407 e. The Kier molecular flexibility index (Phi) is 7.55. The Labute approximate surface area is 201 Å². The van der Waals surface area contributed by atoms with Crippen LogP contribution in [0.4, 0.5) is 10.5 Å². The Bertz CT molecular complexity index is 1130. The average molecular weight is 488 g/mol. The first-order chi connectivity index (χ1) is 15.9. The minimum Gasteiger partial charge on any atom is -0.444 e. The number of benzene rings is 2. The van der Waals surface area contributed by atoms with Gasteiger partial charge in [0.2, 0.25) is 0 Å². The lowest BCUT2D eigenvalue weighted by atomic mass is 10.0. The number of hydrogen-bond donors (Lipinski definition) is 1. The molecule has 1 saturated heterocycles. The minimum absolute atomic E-state index is 0.0582. The molecule has 0 aromatic heterocycles. The van der Waals surface area contributed by atoms with Crippen LogP contribution in [-0.4, -0.2) is 57.1 Å². The molecule has 1 N–H and O–H groups in total. The lowest BCUT2D eigenvalue weighted by Gasteiger charge is -2.33. The maximum Gasteiger partial charge on any atom is 0.407 e. The standard InChI is InChI=1S/C25H33N3O5S/c1-18-9-11-21(12-10-18)27(5)34(31,32)22-8-6-7-19(17-22)23(29)28-15-13-20(14-16-28)26-24(30)33-25(2,3)4/h6-12,17,20H,13-16H2,1-5H3,(H,26,30). The highest BCUT2D eigenvalue weighted by atomic mass is 32.2. The molecule has 2 aromatic carbocycles. The fourth-order valence-electron chi connectivity index (χ4n) is 3.72. The van der Waals surface area contributed by atoms with E-state index in [1.807, 2.05) is 19.1 Å². The van der Waals surface area contributed by atoms with Gasteiger partial charge in [-0.1, -0.05) is 23.8 Å². The van der Waals surface area contributed by atoms with E-state index in [0.29, 0.717) is 37.2 Å². The molecule has 34 heavy (non-hydrogen) atoms. The van der Waals surface area contributed by atoms with Crippen LogP contribution in [0.15, 0.2) is 53.4 Å². The summed E-state index contributed by atoms with van der Waals surface area (Å²) in [5.74, 6) is -0.231. The first kappa shape index (κ1) is 25.6. The highest BCUT2D eigenvalue weighted by Crippen LogP contribution is 2.24. The molecule has 2 amide bonds. The van der Waals surface area contributed by atoms with Crippen LogP contribution in [0.5, 0.6) is 0 Å². The Hall–Kier alpha value is -3.07. The van der Waals surface area contributed by atoms with E-state index in [-0.39, 0.29) is 16.8 Å². The number of anilines is 1.